The van der Waals surface area contributed by atoms with Gasteiger partial charge in [-0.05, 0) is 6.42 Å². The van der Waals surface area contributed by atoms with Crippen LogP contribution in [0.1, 0.15) is 19.8 Å². The Morgan fingerprint density at radius 1 is 1.70 bits per heavy atom. The molecule has 0 spiro atoms. The molecule has 0 fully saturated rings. The minimum absolute atomic E-state index is 0.120. The third-order valence-electron chi connectivity index (χ3n) is 1.17. The summed E-state index contributed by atoms with van der Waals surface area (Å²) in [5.41, 5.74) is 5.47. The molecular weight excluding hydrogens is 130 g/mol. The molecule has 3 nitrogen and oxygen atoms in total. The van der Waals surface area contributed by atoms with Crippen molar-refractivity contribution in [3.63, 3.8) is 0 Å². The molecule has 0 heterocycles. The summed E-state index contributed by atoms with van der Waals surface area (Å²) >= 11 is 0. The monoisotopic (exact) mass is 143 g/mol. The number of hydrogen-bond acceptors (Lipinski definition) is 2. The number of nitrogens with two attached hydrogens (primary N) is 1. The van der Waals surface area contributed by atoms with Crippen LogP contribution in [0.25, 0.3) is 0 Å². The zero-order valence-electron chi connectivity index (χ0n) is 6.13. The van der Waals surface area contributed by atoms with Crippen molar-refractivity contribution >= 4 is 5.97 Å². The summed E-state index contributed by atoms with van der Waals surface area (Å²) in [5, 5.41) is 8.45. The summed E-state index contributed by atoms with van der Waals surface area (Å²) in [4.78, 5) is 10.3. The van der Waals surface area contributed by atoms with E-state index in [-0.39, 0.29) is 6.54 Å². The molecule has 0 saturated carbocycles. The molecular formula is C7H13NO2. The molecule has 0 bridgehead atoms. The molecule has 0 unspecified atom stereocenters. The summed E-state index contributed by atoms with van der Waals surface area (Å²) in [7, 11) is 0. The van der Waals surface area contributed by atoms with Crippen LogP contribution in [-0.2, 0) is 4.79 Å². The lowest BCUT2D eigenvalue weighted by Crippen LogP contribution is -2.11. The molecule has 0 aromatic rings. The fraction of sp³-hybridized carbons (Fsp3) is 0.571. The molecule has 58 valence electrons. The van der Waals surface area contributed by atoms with Crippen LogP contribution >= 0.6 is 0 Å². The van der Waals surface area contributed by atoms with E-state index in [4.69, 9.17) is 10.8 Å². The lowest BCUT2D eigenvalue weighted by Gasteiger charge is -1.95. The number of rotatable bonds is 4. The van der Waals surface area contributed by atoms with Crippen LogP contribution in [0.4, 0.5) is 0 Å². The van der Waals surface area contributed by atoms with E-state index >= 15 is 0 Å². The highest BCUT2D eigenvalue weighted by Gasteiger charge is 2.01. The van der Waals surface area contributed by atoms with Crippen LogP contribution in [0.5, 0.6) is 0 Å². The molecule has 0 aromatic heterocycles. The first-order chi connectivity index (χ1) is 4.72. The van der Waals surface area contributed by atoms with E-state index in [0.717, 1.165) is 12.8 Å². The van der Waals surface area contributed by atoms with E-state index in [9.17, 15) is 4.79 Å². The van der Waals surface area contributed by atoms with E-state index in [1.165, 1.54) is 0 Å². The lowest BCUT2D eigenvalue weighted by atomic mass is 10.2. The van der Waals surface area contributed by atoms with E-state index < -0.39 is 5.97 Å². The number of hydrogen-bond donors (Lipinski definition) is 2. The molecule has 0 saturated heterocycles. The summed E-state index contributed by atoms with van der Waals surface area (Å²) in [5.74, 6) is -0.907. The second-order valence-corrected chi connectivity index (χ2v) is 2.03. The predicted molar refractivity (Wildman–Crippen MR) is 39.7 cm³/mol. The van der Waals surface area contributed by atoms with Gasteiger partial charge in [0.1, 0.15) is 0 Å². The SMILES string of the molecule is CCCC=C(CN)C(=O)O. The van der Waals surface area contributed by atoms with Crippen LogP contribution in [-0.4, -0.2) is 17.6 Å². The minimum atomic E-state index is -0.907. The molecule has 0 aliphatic heterocycles. The Kier molecular flexibility index (Phi) is 4.58. The summed E-state index contributed by atoms with van der Waals surface area (Å²) < 4.78 is 0. The minimum Gasteiger partial charge on any atom is -0.478 e. The lowest BCUT2D eigenvalue weighted by molar-refractivity contribution is -0.132. The molecule has 0 atom stereocenters. The number of allylic oxidation sites excluding steroid dienone is 1. The van der Waals surface area contributed by atoms with Crippen LogP contribution in [0.3, 0.4) is 0 Å². The van der Waals surface area contributed by atoms with Crippen LogP contribution < -0.4 is 5.73 Å². The Morgan fingerprint density at radius 2 is 2.30 bits per heavy atom. The van der Waals surface area contributed by atoms with Gasteiger partial charge in [-0.1, -0.05) is 19.4 Å². The van der Waals surface area contributed by atoms with Crippen molar-refractivity contribution in [3.05, 3.63) is 11.6 Å². The summed E-state index contributed by atoms with van der Waals surface area (Å²) in [6.45, 7) is 2.11. The third-order valence-corrected chi connectivity index (χ3v) is 1.17. The molecule has 0 radical (unpaired) electrons. The molecule has 3 N–H and O–H groups in total. The number of aliphatic carboxylic acids is 1. The average molecular weight is 143 g/mol. The quantitative estimate of drug-likeness (QED) is 0.571. The van der Waals surface area contributed by atoms with Crippen molar-refractivity contribution in [3.8, 4) is 0 Å². The van der Waals surface area contributed by atoms with Crippen molar-refractivity contribution in [2.24, 2.45) is 5.73 Å². The van der Waals surface area contributed by atoms with Gasteiger partial charge in [-0.3, -0.25) is 0 Å². The van der Waals surface area contributed by atoms with Gasteiger partial charge in [0.25, 0.3) is 0 Å². The number of carbonyl (C=O) groups is 1. The maximum atomic E-state index is 10.3. The van der Waals surface area contributed by atoms with Gasteiger partial charge in [-0.2, -0.15) is 0 Å². The van der Waals surface area contributed by atoms with Crippen molar-refractivity contribution in [2.45, 2.75) is 19.8 Å². The molecule has 10 heavy (non-hydrogen) atoms. The average Bonchev–Trinajstić information content (AvgIpc) is 1.89. The fourth-order valence-electron chi connectivity index (χ4n) is 0.577. The van der Waals surface area contributed by atoms with E-state index in [1.807, 2.05) is 6.92 Å². The Balaban J connectivity index is 3.91. The van der Waals surface area contributed by atoms with E-state index in [1.54, 1.807) is 6.08 Å². The van der Waals surface area contributed by atoms with Gasteiger partial charge in [-0.15, -0.1) is 0 Å². The summed E-state index contributed by atoms with van der Waals surface area (Å²) in [6.07, 6.45) is 3.41. The van der Waals surface area contributed by atoms with Gasteiger partial charge >= 0.3 is 5.97 Å². The highest BCUT2D eigenvalue weighted by atomic mass is 16.4. The van der Waals surface area contributed by atoms with Crippen LogP contribution in [0.15, 0.2) is 11.6 Å². The Bertz CT molecular complexity index is 141. The highest BCUT2D eigenvalue weighted by Crippen LogP contribution is 1.96. The van der Waals surface area contributed by atoms with Gasteiger partial charge in [0, 0.05) is 12.1 Å². The molecule has 0 aliphatic carbocycles. The third kappa shape index (κ3) is 3.25. The predicted octanol–water partition coefficient (Wildman–Crippen LogP) is 0.756. The largest absolute Gasteiger partial charge is 0.478 e. The highest BCUT2D eigenvalue weighted by molar-refractivity contribution is 5.86. The van der Waals surface area contributed by atoms with Gasteiger partial charge in [0.15, 0.2) is 0 Å². The zero-order valence-corrected chi connectivity index (χ0v) is 6.13. The Morgan fingerprint density at radius 3 is 2.60 bits per heavy atom. The van der Waals surface area contributed by atoms with E-state index in [0.29, 0.717) is 5.57 Å². The van der Waals surface area contributed by atoms with Crippen LogP contribution in [0, 0.1) is 0 Å². The second-order valence-electron chi connectivity index (χ2n) is 2.03. The van der Waals surface area contributed by atoms with Crippen molar-refractivity contribution in [2.75, 3.05) is 6.54 Å². The van der Waals surface area contributed by atoms with Crippen molar-refractivity contribution in [1.82, 2.24) is 0 Å². The first-order valence-electron chi connectivity index (χ1n) is 3.34. The smallest absolute Gasteiger partial charge is 0.332 e. The normalized spacial score (nSPS) is 11.6. The first-order valence-corrected chi connectivity index (χ1v) is 3.34. The second kappa shape index (κ2) is 4.99. The molecule has 0 aromatic carbocycles. The van der Waals surface area contributed by atoms with Crippen molar-refractivity contribution in [1.29, 1.82) is 0 Å². The maximum Gasteiger partial charge on any atom is 0.332 e. The van der Waals surface area contributed by atoms with Gasteiger partial charge in [0.05, 0.1) is 0 Å². The standard InChI is InChI=1S/C7H13NO2/c1-2-3-4-6(5-8)7(9)10/h4H,2-3,5,8H2,1H3,(H,9,10). The maximum absolute atomic E-state index is 10.3. The fourth-order valence-corrected chi connectivity index (χ4v) is 0.577. The number of carboxylic acid groups (broad SMARTS) is 1. The molecule has 3 heteroatoms. The van der Waals surface area contributed by atoms with Gasteiger partial charge in [-0.25, -0.2) is 4.79 Å². The molecule has 0 amide bonds. The summed E-state index contributed by atoms with van der Waals surface area (Å²) in [6, 6.07) is 0. The molecule has 0 rings (SSSR count). The number of unbranched alkanes of at least 4 members (excludes halogenated alkanes) is 1. The van der Waals surface area contributed by atoms with Crippen LogP contribution in [0.2, 0.25) is 0 Å². The van der Waals surface area contributed by atoms with E-state index in [2.05, 4.69) is 0 Å². The zero-order chi connectivity index (χ0) is 7.98. The van der Waals surface area contributed by atoms with Crippen molar-refractivity contribution < 1.29 is 9.90 Å². The Hall–Kier alpha value is -0.830. The first kappa shape index (κ1) is 9.17. The molecule has 0 aliphatic rings. The number of carboxylic acids is 1. The van der Waals surface area contributed by atoms with Gasteiger partial charge in [0.2, 0.25) is 0 Å². The van der Waals surface area contributed by atoms with Gasteiger partial charge < -0.3 is 10.8 Å². The topological polar surface area (TPSA) is 63.3 Å². The Labute approximate surface area is 60.5 Å².